The molecule has 0 aromatic carbocycles. The van der Waals surface area contributed by atoms with Crippen molar-refractivity contribution in [3.05, 3.63) is 30.1 Å². The molecule has 0 amide bonds. The molecule has 1 aromatic rings. The number of hydrogen-bond donors (Lipinski definition) is 2. The van der Waals surface area contributed by atoms with E-state index in [1.165, 1.54) is 6.20 Å². The van der Waals surface area contributed by atoms with Gasteiger partial charge >= 0.3 is 11.9 Å². The first-order valence-electron chi connectivity index (χ1n) is 3.97. The van der Waals surface area contributed by atoms with E-state index in [0.717, 1.165) is 0 Å². The number of nitrogens with zero attached hydrogens (tertiary/aromatic N) is 1. The number of rotatable bonds is 4. The van der Waals surface area contributed by atoms with Crippen LogP contribution >= 0.6 is 0 Å². The van der Waals surface area contributed by atoms with Gasteiger partial charge < -0.3 is 10.2 Å². The summed E-state index contributed by atoms with van der Waals surface area (Å²) in [5, 5.41) is 17.2. The van der Waals surface area contributed by atoms with Gasteiger partial charge in [-0.05, 0) is 12.1 Å². The minimum Gasteiger partial charge on any atom is -0.481 e. The Balaban J connectivity index is 2.75. The summed E-state index contributed by atoms with van der Waals surface area (Å²) in [5.41, 5.74) is 0.460. The molecule has 14 heavy (non-hydrogen) atoms. The van der Waals surface area contributed by atoms with E-state index in [4.69, 9.17) is 10.2 Å². The van der Waals surface area contributed by atoms with Crippen molar-refractivity contribution >= 4 is 11.9 Å². The van der Waals surface area contributed by atoms with Crippen LogP contribution < -0.4 is 0 Å². The maximum atomic E-state index is 10.5. The van der Waals surface area contributed by atoms with Gasteiger partial charge in [0, 0.05) is 18.3 Å². The first-order valence-corrected chi connectivity index (χ1v) is 3.97. The summed E-state index contributed by atoms with van der Waals surface area (Å²) in [6.45, 7) is 0. The van der Waals surface area contributed by atoms with Gasteiger partial charge in [0.1, 0.15) is 0 Å². The molecule has 5 nitrogen and oxygen atoms in total. The van der Waals surface area contributed by atoms with Gasteiger partial charge in [0.2, 0.25) is 0 Å². The second-order valence-corrected chi connectivity index (χ2v) is 2.75. The Morgan fingerprint density at radius 2 is 1.93 bits per heavy atom. The molecule has 0 unspecified atom stereocenters. The Hall–Kier alpha value is -1.91. The molecule has 0 saturated carbocycles. The van der Waals surface area contributed by atoms with Gasteiger partial charge in [-0.2, -0.15) is 0 Å². The number of aromatic nitrogens is 1. The summed E-state index contributed by atoms with van der Waals surface area (Å²) in [4.78, 5) is 24.9. The first kappa shape index (κ1) is 10.2. The molecule has 1 aromatic heterocycles. The van der Waals surface area contributed by atoms with Crippen molar-refractivity contribution in [3.63, 3.8) is 0 Å². The maximum Gasteiger partial charge on any atom is 0.318 e. The zero-order valence-electron chi connectivity index (χ0n) is 7.25. The molecule has 0 aliphatic rings. The number of carboxylic acids is 2. The third-order valence-electron chi connectivity index (χ3n) is 1.74. The van der Waals surface area contributed by atoms with Gasteiger partial charge in [-0.25, -0.2) is 0 Å². The van der Waals surface area contributed by atoms with Crippen LogP contribution in [-0.4, -0.2) is 27.1 Å². The van der Waals surface area contributed by atoms with Crippen LogP contribution in [0.1, 0.15) is 5.69 Å². The fourth-order valence-electron chi connectivity index (χ4n) is 1.01. The van der Waals surface area contributed by atoms with Gasteiger partial charge in [0.25, 0.3) is 0 Å². The molecule has 0 radical (unpaired) electrons. The predicted molar refractivity (Wildman–Crippen MR) is 46.7 cm³/mol. The third-order valence-corrected chi connectivity index (χ3v) is 1.74. The van der Waals surface area contributed by atoms with Crippen molar-refractivity contribution in [2.75, 3.05) is 0 Å². The molecule has 0 bridgehead atoms. The van der Waals surface area contributed by atoms with Crippen LogP contribution in [0.15, 0.2) is 24.4 Å². The lowest BCUT2D eigenvalue weighted by Gasteiger charge is -2.05. The number of hydrogen-bond acceptors (Lipinski definition) is 3. The highest BCUT2D eigenvalue weighted by Crippen LogP contribution is 2.06. The van der Waals surface area contributed by atoms with Gasteiger partial charge in [0.15, 0.2) is 5.92 Å². The van der Waals surface area contributed by atoms with Crippen molar-refractivity contribution in [3.8, 4) is 0 Å². The summed E-state index contributed by atoms with van der Waals surface area (Å²) in [6, 6.07) is 4.96. The average molecular weight is 195 g/mol. The van der Waals surface area contributed by atoms with Crippen LogP contribution in [0.5, 0.6) is 0 Å². The van der Waals surface area contributed by atoms with E-state index < -0.39 is 17.9 Å². The van der Waals surface area contributed by atoms with E-state index >= 15 is 0 Å². The Labute approximate surface area is 80.0 Å². The largest absolute Gasteiger partial charge is 0.481 e. The highest BCUT2D eigenvalue weighted by atomic mass is 16.4. The average Bonchev–Trinajstić information content (AvgIpc) is 2.15. The number of pyridine rings is 1. The molecule has 0 aliphatic heterocycles. The Kier molecular flexibility index (Phi) is 3.17. The summed E-state index contributed by atoms with van der Waals surface area (Å²) >= 11 is 0. The number of carboxylic acid groups (broad SMARTS) is 2. The van der Waals surface area contributed by atoms with E-state index in [0.29, 0.717) is 5.69 Å². The molecule has 1 rings (SSSR count). The van der Waals surface area contributed by atoms with Crippen molar-refractivity contribution < 1.29 is 19.8 Å². The number of aliphatic carboxylic acids is 2. The Morgan fingerprint density at radius 3 is 2.36 bits per heavy atom. The van der Waals surface area contributed by atoms with Crippen molar-refractivity contribution in [1.82, 2.24) is 4.98 Å². The molecule has 1 heterocycles. The summed E-state index contributed by atoms with van der Waals surface area (Å²) < 4.78 is 0. The van der Waals surface area contributed by atoms with Gasteiger partial charge in [0.05, 0.1) is 0 Å². The third kappa shape index (κ3) is 2.55. The smallest absolute Gasteiger partial charge is 0.318 e. The van der Waals surface area contributed by atoms with Crippen LogP contribution in [-0.2, 0) is 16.0 Å². The Morgan fingerprint density at radius 1 is 1.29 bits per heavy atom. The zero-order chi connectivity index (χ0) is 10.6. The molecule has 0 saturated heterocycles. The molecular weight excluding hydrogens is 186 g/mol. The van der Waals surface area contributed by atoms with Gasteiger partial charge in [-0.1, -0.05) is 6.07 Å². The van der Waals surface area contributed by atoms with Crippen molar-refractivity contribution in [1.29, 1.82) is 0 Å². The van der Waals surface area contributed by atoms with Crippen LogP contribution in [0, 0.1) is 5.92 Å². The topological polar surface area (TPSA) is 87.5 Å². The molecule has 0 aliphatic carbocycles. The summed E-state index contributed by atoms with van der Waals surface area (Å²) in [6.07, 6.45) is 1.40. The highest BCUT2D eigenvalue weighted by molar-refractivity contribution is 5.93. The Bertz CT molecular complexity index is 322. The molecule has 5 heteroatoms. The molecule has 2 N–H and O–H groups in total. The van der Waals surface area contributed by atoms with Gasteiger partial charge in [-0.15, -0.1) is 0 Å². The minimum atomic E-state index is -1.43. The SMILES string of the molecule is O=C(O)C(Cc1ccccn1)C(=O)O. The van der Waals surface area contributed by atoms with E-state index in [1.54, 1.807) is 18.2 Å². The van der Waals surface area contributed by atoms with E-state index in [9.17, 15) is 9.59 Å². The second kappa shape index (κ2) is 4.36. The standard InChI is InChI=1S/C9H9NO4/c11-8(12)7(9(13)14)5-6-3-1-2-4-10-6/h1-4,7H,5H2,(H,11,12)(H,13,14). The first-order chi connectivity index (χ1) is 6.61. The van der Waals surface area contributed by atoms with E-state index in [2.05, 4.69) is 4.98 Å². The van der Waals surface area contributed by atoms with Crippen LogP contribution in [0.4, 0.5) is 0 Å². The lowest BCUT2D eigenvalue weighted by molar-refractivity contribution is -0.154. The van der Waals surface area contributed by atoms with Crippen molar-refractivity contribution in [2.24, 2.45) is 5.92 Å². The quantitative estimate of drug-likeness (QED) is 0.679. The summed E-state index contributed by atoms with van der Waals surface area (Å²) in [5.74, 6) is -4.11. The molecule has 0 fully saturated rings. The number of carbonyl (C=O) groups is 2. The molecule has 74 valence electrons. The molecule has 0 atom stereocenters. The lowest BCUT2D eigenvalue weighted by Crippen LogP contribution is -2.25. The monoisotopic (exact) mass is 195 g/mol. The van der Waals surface area contributed by atoms with E-state index in [1.807, 2.05) is 0 Å². The fraction of sp³-hybridized carbons (Fsp3) is 0.222. The lowest BCUT2D eigenvalue weighted by atomic mass is 10.0. The minimum absolute atomic E-state index is 0.0918. The zero-order valence-corrected chi connectivity index (χ0v) is 7.25. The van der Waals surface area contributed by atoms with Gasteiger partial charge in [-0.3, -0.25) is 14.6 Å². The predicted octanol–water partition coefficient (Wildman–Crippen LogP) is 0.410. The molecular formula is C9H9NO4. The highest BCUT2D eigenvalue weighted by Gasteiger charge is 2.26. The van der Waals surface area contributed by atoms with Crippen LogP contribution in [0.2, 0.25) is 0 Å². The van der Waals surface area contributed by atoms with Crippen LogP contribution in [0.3, 0.4) is 0 Å². The molecule has 0 spiro atoms. The van der Waals surface area contributed by atoms with Crippen molar-refractivity contribution in [2.45, 2.75) is 6.42 Å². The summed E-state index contributed by atoms with van der Waals surface area (Å²) in [7, 11) is 0. The van der Waals surface area contributed by atoms with Crippen LogP contribution in [0.25, 0.3) is 0 Å². The fourth-order valence-corrected chi connectivity index (χ4v) is 1.01. The second-order valence-electron chi connectivity index (χ2n) is 2.75. The van der Waals surface area contributed by atoms with E-state index in [-0.39, 0.29) is 6.42 Å². The normalized spacial score (nSPS) is 10.1. The maximum absolute atomic E-state index is 10.5.